The Morgan fingerprint density at radius 2 is 1.85 bits per heavy atom. The molecule has 0 saturated heterocycles. The van der Waals surface area contributed by atoms with E-state index in [0.717, 1.165) is 22.6 Å². The zero-order valence-corrected chi connectivity index (χ0v) is 15.1. The first-order chi connectivity index (χ1) is 13.2. The Kier molecular flexibility index (Phi) is 5.75. The third-order valence-electron chi connectivity index (χ3n) is 3.91. The molecule has 0 atom stereocenters. The van der Waals surface area contributed by atoms with Gasteiger partial charge in [-0.05, 0) is 29.8 Å². The molecule has 0 radical (unpaired) electrons. The van der Waals surface area contributed by atoms with Gasteiger partial charge in [-0.3, -0.25) is 0 Å². The fraction of sp³-hybridized carbons (Fsp3) is 0.143. The van der Waals surface area contributed by atoms with Crippen molar-refractivity contribution in [3.8, 4) is 17.6 Å². The maximum atomic E-state index is 9.29. The monoisotopic (exact) mass is 361 g/mol. The van der Waals surface area contributed by atoms with Gasteiger partial charge in [-0.15, -0.1) is 0 Å². The number of benzene rings is 2. The molecule has 27 heavy (non-hydrogen) atoms. The minimum Gasteiger partial charge on any atom is -0.497 e. The lowest BCUT2D eigenvalue weighted by Crippen LogP contribution is -1.99. The van der Waals surface area contributed by atoms with E-state index in [1.54, 1.807) is 20.3 Å². The molecule has 0 unspecified atom stereocenters. The predicted molar refractivity (Wildman–Crippen MR) is 103 cm³/mol. The summed E-state index contributed by atoms with van der Waals surface area (Å²) in [5.41, 5.74) is 2.13. The van der Waals surface area contributed by atoms with Crippen molar-refractivity contribution in [3.63, 3.8) is 0 Å². The Bertz CT molecular complexity index is 969. The van der Waals surface area contributed by atoms with E-state index in [2.05, 4.69) is 10.3 Å². The molecule has 0 fully saturated rings. The van der Waals surface area contributed by atoms with Crippen LogP contribution in [0, 0.1) is 11.3 Å². The molecule has 0 aliphatic carbocycles. The maximum Gasteiger partial charge on any atom is 0.232 e. The molecule has 3 aromatic rings. The Balaban J connectivity index is 1.73. The van der Waals surface area contributed by atoms with E-state index in [9.17, 15) is 5.26 Å². The van der Waals surface area contributed by atoms with Gasteiger partial charge in [-0.2, -0.15) is 10.2 Å². The Morgan fingerprint density at radius 1 is 1.07 bits per heavy atom. The van der Waals surface area contributed by atoms with Gasteiger partial charge in [0.25, 0.3) is 0 Å². The minimum atomic E-state index is 0.211. The van der Waals surface area contributed by atoms with Crippen LogP contribution in [0.2, 0.25) is 0 Å². The quantitative estimate of drug-likeness (QED) is 0.674. The highest BCUT2D eigenvalue weighted by molar-refractivity contribution is 5.70. The third kappa shape index (κ3) is 4.47. The van der Waals surface area contributed by atoms with Crippen LogP contribution in [0.5, 0.6) is 11.5 Å². The van der Waals surface area contributed by atoms with Crippen LogP contribution in [0.25, 0.3) is 12.2 Å². The Labute approximate surface area is 157 Å². The van der Waals surface area contributed by atoms with Crippen molar-refractivity contribution in [2.45, 2.75) is 6.54 Å². The number of oxazole rings is 1. The largest absolute Gasteiger partial charge is 0.497 e. The molecule has 0 amide bonds. The molecule has 6 heteroatoms. The predicted octanol–water partition coefficient (Wildman–Crippen LogP) is 4.35. The Hall–Kier alpha value is -3.72. The Morgan fingerprint density at radius 3 is 2.56 bits per heavy atom. The van der Waals surface area contributed by atoms with E-state index in [1.165, 1.54) is 0 Å². The second-order valence-electron chi connectivity index (χ2n) is 5.62. The van der Waals surface area contributed by atoms with Crippen molar-refractivity contribution in [1.29, 1.82) is 5.26 Å². The van der Waals surface area contributed by atoms with Crippen molar-refractivity contribution >= 4 is 18.0 Å². The van der Waals surface area contributed by atoms with Crippen LogP contribution in [0.1, 0.15) is 22.7 Å². The standard InChI is InChI=1S/C21H19N3O3/c1-25-17-10-7-15(8-11-17)14-23-21-18(13-22)24-20(27-21)12-9-16-5-3-4-6-19(16)26-2/h3-12,23H,14H2,1-2H3. The van der Waals surface area contributed by atoms with Gasteiger partial charge in [-0.25, -0.2) is 0 Å². The maximum absolute atomic E-state index is 9.29. The van der Waals surface area contributed by atoms with Crippen molar-refractivity contribution in [3.05, 3.63) is 71.2 Å². The average molecular weight is 361 g/mol. The number of methoxy groups -OCH3 is 2. The number of aromatic nitrogens is 1. The van der Waals surface area contributed by atoms with Gasteiger partial charge in [0.05, 0.1) is 14.2 Å². The van der Waals surface area contributed by atoms with E-state index >= 15 is 0 Å². The molecule has 1 aromatic heterocycles. The highest BCUT2D eigenvalue weighted by atomic mass is 16.5. The van der Waals surface area contributed by atoms with Crippen LogP contribution < -0.4 is 14.8 Å². The van der Waals surface area contributed by atoms with E-state index in [1.807, 2.05) is 60.7 Å². The molecule has 1 N–H and O–H groups in total. The van der Waals surface area contributed by atoms with Crippen LogP contribution in [0.3, 0.4) is 0 Å². The first kappa shape index (κ1) is 18.1. The van der Waals surface area contributed by atoms with E-state index < -0.39 is 0 Å². The number of nitriles is 1. The molecule has 0 spiro atoms. The van der Waals surface area contributed by atoms with Crippen LogP contribution in [-0.2, 0) is 6.54 Å². The number of ether oxygens (including phenoxy) is 2. The number of nitrogens with zero attached hydrogens (tertiary/aromatic N) is 2. The van der Waals surface area contributed by atoms with Gasteiger partial charge in [0.1, 0.15) is 17.6 Å². The van der Waals surface area contributed by atoms with E-state index in [0.29, 0.717) is 18.3 Å². The summed E-state index contributed by atoms with van der Waals surface area (Å²) in [6.07, 6.45) is 3.54. The summed E-state index contributed by atoms with van der Waals surface area (Å²) in [6, 6.07) is 17.3. The fourth-order valence-corrected chi connectivity index (χ4v) is 2.49. The topological polar surface area (TPSA) is 80.3 Å². The number of para-hydroxylation sites is 1. The lowest BCUT2D eigenvalue weighted by atomic mass is 10.2. The number of anilines is 1. The summed E-state index contributed by atoms with van der Waals surface area (Å²) >= 11 is 0. The summed E-state index contributed by atoms with van der Waals surface area (Å²) in [5.74, 6) is 2.22. The van der Waals surface area contributed by atoms with E-state index in [4.69, 9.17) is 13.9 Å². The summed E-state index contributed by atoms with van der Waals surface area (Å²) in [5, 5.41) is 12.4. The molecule has 3 rings (SSSR count). The summed E-state index contributed by atoms with van der Waals surface area (Å²) in [6.45, 7) is 0.504. The molecule has 1 heterocycles. The van der Waals surface area contributed by atoms with Gasteiger partial charge in [0, 0.05) is 18.2 Å². The second kappa shape index (κ2) is 8.59. The molecule has 6 nitrogen and oxygen atoms in total. The zero-order valence-electron chi connectivity index (χ0n) is 15.1. The lowest BCUT2D eigenvalue weighted by Gasteiger charge is -2.04. The first-order valence-electron chi connectivity index (χ1n) is 8.32. The lowest BCUT2D eigenvalue weighted by molar-refractivity contribution is 0.414. The van der Waals surface area contributed by atoms with Crippen molar-refractivity contribution in [1.82, 2.24) is 4.98 Å². The summed E-state index contributed by atoms with van der Waals surface area (Å²) < 4.78 is 16.1. The van der Waals surface area contributed by atoms with Crippen molar-refractivity contribution < 1.29 is 13.9 Å². The van der Waals surface area contributed by atoms with Crippen LogP contribution in [-0.4, -0.2) is 19.2 Å². The molecule has 0 saturated carbocycles. The SMILES string of the molecule is COc1ccc(CNc2oc(C=Cc3ccccc3OC)nc2C#N)cc1. The van der Waals surface area contributed by atoms with Gasteiger partial charge in [0.15, 0.2) is 0 Å². The van der Waals surface area contributed by atoms with Crippen molar-refractivity contribution in [2.75, 3.05) is 19.5 Å². The van der Waals surface area contributed by atoms with E-state index in [-0.39, 0.29) is 5.69 Å². The normalized spacial score (nSPS) is 10.6. The van der Waals surface area contributed by atoms with Gasteiger partial charge >= 0.3 is 0 Å². The molecule has 0 bridgehead atoms. The molecule has 0 aliphatic rings. The van der Waals surface area contributed by atoms with Crippen LogP contribution in [0.4, 0.5) is 5.88 Å². The molecule has 2 aromatic carbocycles. The third-order valence-corrected chi connectivity index (χ3v) is 3.91. The van der Waals surface area contributed by atoms with Gasteiger partial charge in [-0.1, -0.05) is 30.3 Å². The molecular formula is C21H19N3O3. The number of nitrogens with one attached hydrogen (secondary N) is 1. The number of rotatable bonds is 7. The molecular weight excluding hydrogens is 342 g/mol. The summed E-state index contributed by atoms with van der Waals surface area (Å²) in [4.78, 5) is 4.20. The van der Waals surface area contributed by atoms with Crippen molar-refractivity contribution in [2.24, 2.45) is 0 Å². The average Bonchev–Trinajstić information content (AvgIpc) is 3.13. The smallest absolute Gasteiger partial charge is 0.232 e. The highest BCUT2D eigenvalue weighted by Gasteiger charge is 2.11. The number of hydrogen-bond acceptors (Lipinski definition) is 6. The first-order valence-corrected chi connectivity index (χ1v) is 8.32. The van der Waals surface area contributed by atoms with Crippen LogP contribution >= 0.6 is 0 Å². The fourth-order valence-electron chi connectivity index (χ4n) is 2.49. The van der Waals surface area contributed by atoms with Gasteiger partial charge < -0.3 is 19.2 Å². The summed E-state index contributed by atoms with van der Waals surface area (Å²) in [7, 11) is 3.24. The zero-order chi connectivity index (χ0) is 19.1. The molecule has 136 valence electrons. The highest BCUT2D eigenvalue weighted by Crippen LogP contribution is 2.23. The number of hydrogen-bond donors (Lipinski definition) is 1. The molecule has 0 aliphatic heterocycles. The van der Waals surface area contributed by atoms with Gasteiger partial charge in [0.2, 0.25) is 17.5 Å². The van der Waals surface area contributed by atoms with Crippen LogP contribution in [0.15, 0.2) is 52.9 Å². The second-order valence-corrected chi connectivity index (χ2v) is 5.62. The minimum absolute atomic E-state index is 0.211.